The van der Waals surface area contributed by atoms with Crippen molar-refractivity contribution in [2.24, 2.45) is 11.8 Å². The van der Waals surface area contributed by atoms with E-state index < -0.39 is 23.3 Å². The highest BCUT2D eigenvalue weighted by Crippen LogP contribution is 2.39. The Hall–Kier alpha value is -1.26. The Morgan fingerprint density at radius 1 is 1.16 bits per heavy atom. The fourth-order valence-electron chi connectivity index (χ4n) is 6.68. The van der Waals surface area contributed by atoms with Crippen LogP contribution < -0.4 is 0 Å². The number of carbonyl (C=O) groups is 1. The minimum absolute atomic E-state index is 0.0278. The third-order valence-electron chi connectivity index (χ3n) is 9.33. The summed E-state index contributed by atoms with van der Waals surface area (Å²) in [4.78, 5) is 13.0. The van der Waals surface area contributed by atoms with E-state index in [0.717, 1.165) is 63.5 Å². The van der Waals surface area contributed by atoms with E-state index in [9.17, 15) is 25.2 Å². The van der Waals surface area contributed by atoms with E-state index >= 15 is 0 Å². The molecule has 1 saturated heterocycles. The lowest BCUT2D eigenvalue weighted by atomic mass is 9.85. The summed E-state index contributed by atoms with van der Waals surface area (Å²) in [5.41, 5.74) is -1.01. The van der Waals surface area contributed by atoms with Gasteiger partial charge in [0.15, 0.2) is 0 Å². The third kappa shape index (κ3) is 15.5. The van der Waals surface area contributed by atoms with Crippen LogP contribution in [0, 0.1) is 11.8 Å². The molecule has 45 heavy (non-hydrogen) atoms. The Balaban J connectivity index is 2.02. The molecule has 0 amide bonds. The molecule has 0 spiro atoms. The number of ether oxygens (including phenoxy) is 1. The molecule has 0 aromatic rings. The van der Waals surface area contributed by atoms with Crippen LogP contribution >= 0.6 is 11.6 Å². The molecule has 0 radical (unpaired) electrons. The molecule has 2 rings (SSSR count). The van der Waals surface area contributed by atoms with Gasteiger partial charge >= 0.3 is 5.97 Å². The van der Waals surface area contributed by atoms with E-state index in [1.807, 2.05) is 31.2 Å². The van der Waals surface area contributed by atoms with Crippen LogP contribution in [0.25, 0.3) is 0 Å². The molecule has 7 unspecified atom stereocenters. The molecular weight excluding hydrogens is 594 g/mol. The number of carboxylic acids is 1. The summed E-state index contributed by atoms with van der Waals surface area (Å²) in [6.45, 7) is 11.2. The zero-order valence-electron chi connectivity index (χ0n) is 28.4. The van der Waals surface area contributed by atoms with Crippen molar-refractivity contribution in [3.63, 3.8) is 0 Å². The zero-order valence-corrected chi connectivity index (χ0v) is 29.2. The SMILES string of the molecule is CCCCC1OC1C(N(CCO)CC1CCC(Cl)CC1)C(C)(O)/C=C/C=C(\C)CC(C)/C=C/CC(C)(O)CCC(O)CC(=O)O. The Labute approximate surface area is 277 Å². The van der Waals surface area contributed by atoms with E-state index in [-0.39, 0.29) is 49.0 Å². The normalized spacial score (nSPS) is 27.4. The average molecular weight is 656 g/mol. The number of rotatable bonds is 22. The van der Waals surface area contributed by atoms with Crippen LogP contribution in [0.2, 0.25) is 0 Å². The lowest BCUT2D eigenvalue weighted by Gasteiger charge is -2.41. The monoisotopic (exact) mass is 655 g/mol. The Kier molecular flexibility index (Phi) is 17.3. The van der Waals surface area contributed by atoms with Gasteiger partial charge in [-0.15, -0.1) is 11.6 Å². The molecule has 8 nitrogen and oxygen atoms in total. The Bertz CT molecular complexity index is 957. The highest BCUT2D eigenvalue weighted by Gasteiger charge is 2.52. The van der Waals surface area contributed by atoms with Crippen LogP contribution in [0.3, 0.4) is 0 Å². The van der Waals surface area contributed by atoms with Gasteiger partial charge in [-0.3, -0.25) is 9.69 Å². The van der Waals surface area contributed by atoms with Gasteiger partial charge in [0.05, 0.1) is 42.5 Å². The number of aliphatic hydroxyl groups is 4. The summed E-state index contributed by atoms with van der Waals surface area (Å²) in [5, 5.41) is 51.3. The summed E-state index contributed by atoms with van der Waals surface area (Å²) < 4.78 is 6.17. The van der Waals surface area contributed by atoms with Crippen molar-refractivity contribution in [2.75, 3.05) is 19.7 Å². The number of carboxylic acid groups (broad SMARTS) is 1. The first-order chi connectivity index (χ1) is 21.2. The number of alkyl halides is 1. The number of allylic oxidation sites excluding steroid dienone is 4. The fourth-order valence-corrected chi connectivity index (χ4v) is 6.93. The number of aliphatic hydroxyl groups excluding tert-OH is 2. The minimum Gasteiger partial charge on any atom is -0.481 e. The van der Waals surface area contributed by atoms with Crippen molar-refractivity contribution in [3.8, 4) is 0 Å². The van der Waals surface area contributed by atoms with Crippen molar-refractivity contribution in [1.82, 2.24) is 4.90 Å². The highest BCUT2D eigenvalue weighted by molar-refractivity contribution is 6.20. The lowest BCUT2D eigenvalue weighted by molar-refractivity contribution is -0.139. The van der Waals surface area contributed by atoms with Crippen LogP contribution in [-0.2, 0) is 9.53 Å². The molecule has 0 aromatic heterocycles. The molecule has 1 heterocycles. The van der Waals surface area contributed by atoms with Crippen molar-refractivity contribution >= 4 is 17.6 Å². The summed E-state index contributed by atoms with van der Waals surface area (Å²) in [7, 11) is 0. The minimum atomic E-state index is -1.16. The van der Waals surface area contributed by atoms with Crippen LogP contribution in [0.4, 0.5) is 0 Å². The van der Waals surface area contributed by atoms with Crippen molar-refractivity contribution in [2.45, 2.75) is 153 Å². The van der Waals surface area contributed by atoms with E-state index in [4.69, 9.17) is 21.4 Å². The van der Waals surface area contributed by atoms with Gasteiger partial charge in [-0.05, 0) is 90.4 Å². The molecular formula is C36H62ClNO7. The van der Waals surface area contributed by atoms with Gasteiger partial charge in [0, 0.05) is 18.5 Å². The first-order valence-electron chi connectivity index (χ1n) is 17.2. The van der Waals surface area contributed by atoms with Crippen LogP contribution in [0.5, 0.6) is 0 Å². The van der Waals surface area contributed by atoms with Crippen molar-refractivity contribution in [3.05, 3.63) is 36.0 Å². The molecule has 9 heteroatoms. The molecule has 1 aliphatic carbocycles. The number of epoxide rings is 1. The van der Waals surface area contributed by atoms with Gasteiger partial charge in [-0.25, -0.2) is 0 Å². The standard InChI is InChI=1S/C36H62ClNO7/c1-6-7-12-31-33(45-31)34(38(21-22-39)25-28-13-15-29(37)16-14-28)36(5,44)19-9-11-27(3)23-26(2)10-8-18-35(4,43)20-17-30(40)24-32(41)42/h8-11,19,26,28-31,33-34,39-40,43-44H,6-7,12-18,20-25H2,1-5H3,(H,41,42)/b10-8+,19-9+,27-11+. The molecule has 2 fully saturated rings. The quantitative estimate of drug-likeness (QED) is 0.0415. The van der Waals surface area contributed by atoms with Gasteiger partial charge in [0.2, 0.25) is 0 Å². The number of hydrogen-bond acceptors (Lipinski definition) is 7. The molecule has 1 saturated carbocycles. The maximum absolute atomic E-state index is 11.9. The van der Waals surface area contributed by atoms with Gasteiger partial charge in [0.25, 0.3) is 0 Å². The second-order valence-electron chi connectivity index (χ2n) is 14.3. The topological polar surface area (TPSA) is 134 Å². The van der Waals surface area contributed by atoms with Gasteiger partial charge in [0.1, 0.15) is 6.10 Å². The predicted molar refractivity (Wildman–Crippen MR) is 181 cm³/mol. The number of unbranched alkanes of at least 4 members (excludes halogenated alkanes) is 1. The molecule has 1 aliphatic heterocycles. The predicted octanol–water partition coefficient (Wildman–Crippen LogP) is 6.00. The first kappa shape index (κ1) is 39.9. The zero-order chi connectivity index (χ0) is 33.6. The van der Waals surface area contributed by atoms with E-state index in [1.54, 1.807) is 6.92 Å². The second-order valence-corrected chi connectivity index (χ2v) is 14.9. The van der Waals surface area contributed by atoms with E-state index in [2.05, 4.69) is 31.7 Å². The van der Waals surface area contributed by atoms with Gasteiger partial charge in [-0.1, -0.05) is 62.6 Å². The molecule has 0 bridgehead atoms. The summed E-state index contributed by atoms with van der Waals surface area (Å²) in [6.07, 6.45) is 17.8. The van der Waals surface area contributed by atoms with Crippen molar-refractivity contribution < 1.29 is 35.1 Å². The fraction of sp³-hybridized carbons (Fsp3) is 0.806. The number of aliphatic carboxylic acids is 1. The molecule has 0 aromatic carbocycles. The molecule has 7 atom stereocenters. The molecule has 260 valence electrons. The van der Waals surface area contributed by atoms with Gasteiger partial charge in [-0.2, -0.15) is 0 Å². The molecule has 2 aliphatic rings. The van der Waals surface area contributed by atoms with Crippen LogP contribution in [-0.4, -0.2) is 97.0 Å². The Morgan fingerprint density at radius 2 is 1.84 bits per heavy atom. The highest BCUT2D eigenvalue weighted by atomic mass is 35.5. The van der Waals surface area contributed by atoms with Gasteiger partial charge < -0.3 is 30.3 Å². The second kappa shape index (κ2) is 19.5. The largest absolute Gasteiger partial charge is 0.481 e. The van der Waals surface area contributed by atoms with E-state index in [0.29, 0.717) is 25.3 Å². The summed E-state index contributed by atoms with van der Waals surface area (Å²) in [5.74, 6) is -0.321. The van der Waals surface area contributed by atoms with E-state index in [1.165, 1.54) is 0 Å². The third-order valence-corrected chi connectivity index (χ3v) is 9.77. The average Bonchev–Trinajstić information content (AvgIpc) is 3.70. The maximum atomic E-state index is 11.9. The Morgan fingerprint density at radius 3 is 2.47 bits per heavy atom. The van der Waals surface area contributed by atoms with Crippen LogP contribution in [0.15, 0.2) is 36.0 Å². The number of hydrogen-bond donors (Lipinski definition) is 5. The smallest absolute Gasteiger partial charge is 0.305 e. The maximum Gasteiger partial charge on any atom is 0.305 e. The summed E-state index contributed by atoms with van der Waals surface area (Å²) >= 11 is 6.37. The molecule has 5 N–H and O–H groups in total. The number of halogens is 1. The first-order valence-corrected chi connectivity index (χ1v) is 17.6. The number of nitrogens with zero attached hydrogens (tertiary/aromatic N) is 1. The lowest BCUT2D eigenvalue weighted by Crippen LogP contribution is -2.56. The van der Waals surface area contributed by atoms with Crippen molar-refractivity contribution in [1.29, 1.82) is 0 Å². The summed E-state index contributed by atoms with van der Waals surface area (Å²) in [6, 6.07) is -0.259. The van der Waals surface area contributed by atoms with Crippen LogP contribution in [0.1, 0.15) is 112 Å².